The maximum Gasteiger partial charge on any atom is 0.0720 e. The van der Waals surface area contributed by atoms with Gasteiger partial charge in [-0.15, -0.1) is 0 Å². The highest BCUT2D eigenvalue weighted by Gasteiger charge is 2.39. The summed E-state index contributed by atoms with van der Waals surface area (Å²) in [6.45, 7) is 0.731. The van der Waals surface area contributed by atoms with Crippen LogP contribution in [0.25, 0.3) is 0 Å². The van der Waals surface area contributed by atoms with E-state index in [0.717, 1.165) is 13.0 Å². The van der Waals surface area contributed by atoms with Gasteiger partial charge in [0.25, 0.3) is 0 Å². The monoisotopic (exact) mass is 224 g/mol. The number of rotatable bonds is 4. The quantitative estimate of drug-likeness (QED) is 0.768. The average molecular weight is 224 g/mol. The summed E-state index contributed by atoms with van der Waals surface area (Å²) in [5.74, 6) is 0.611. The Kier molecular flexibility index (Phi) is 2.93. The normalized spacial score (nSPS) is 22.4. The van der Waals surface area contributed by atoms with E-state index in [1.165, 1.54) is 11.1 Å². The highest BCUT2D eigenvalue weighted by molar-refractivity contribution is 5.26. The van der Waals surface area contributed by atoms with Crippen LogP contribution >= 0.6 is 0 Å². The SMILES string of the molecule is c1ccc(CO[C@@H]2C[C@@H]2c2ccccc2)cc1. The number of hydrogen-bond donors (Lipinski definition) is 0. The molecule has 2 aromatic rings. The van der Waals surface area contributed by atoms with Gasteiger partial charge in [0, 0.05) is 5.92 Å². The summed E-state index contributed by atoms with van der Waals surface area (Å²) < 4.78 is 5.91. The second kappa shape index (κ2) is 4.72. The lowest BCUT2D eigenvalue weighted by Crippen LogP contribution is -1.97. The Morgan fingerprint density at radius 3 is 2.24 bits per heavy atom. The van der Waals surface area contributed by atoms with Crippen molar-refractivity contribution in [1.82, 2.24) is 0 Å². The van der Waals surface area contributed by atoms with Crippen LogP contribution in [-0.2, 0) is 11.3 Å². The predicted molar refractivity (Wildman–Crippen MR) is 68.8 cm³/mol. The molecule has 0 heterocycles. The van der Waals surface area contributed by atoms with Gasteiger partial charge >= 0.3 is 0 Å². The van der Waals surface area contributed by atoms with E-state index in [0.29, 0.717) is 12.0 Å². The Morgan fingerprint density at radius 1 is 0.882 bits per heavy atom. The van der Waals surface area contributed by atoms with E-state index in [1.807, 2.05) is 6.07 Å². The number of ether oxygens (including phenoxy) is 1. The lowest BCUT2D eigenvalue weighted by molar-refractivity contribution is 0.102. The molecule has 1 aliphatic carbocycles. The van der Waals surface area contributed by atoms with Crippen molar-refractivity contribution in [2.75, 3.05) is 0 Å². The first-order chi connectivity index (χ1) is 8.43. The first-order valence-electron chi connectivity index (χ1n) is 6.14. The molecule has 0 aliphatic heterocycles. The molecule has 1 saturated carbocycles. The zero-order chi connectivity index (χ0) is 11.5. The summed E-state index contributed by atoms with van der Waals surface area (Å²) in [6, 6.07) is 21.0. The zero-order valence-corrected chi connectivity index (χ0v) is 9.75. The maximum atomic E-state index is 5.91. The van der Waals surface area contributed by atoms with E-state index in [4.69, 9.17) is 4.74 Å². The van der Waals surface area contributed by atoms with E-state index in [9.17, 15) is 0 Å². The molecule has 17 heavy (non-hydrogen) atoms. The fourth-order valence-electron chi connectivity index (χ4n) is 2.18. The molecule has 0 amide bonds. The van der Waals surface area contributed by atoms with Gasteiger partial charge < -0.3 is 4.74 Å². The van der Waals surface area contributed by atoms with E-state index in [-0.39, 0.29) is 0 Å². The second-order valence-electron chi connectivity index (χ2n) is 4.59. The van der Waals surface area contributed by atoms with Crippen molar-refractivity contribution in [3.05, 3.63) is 71.8 Å². The van der Waals surface area contributed by atoms with E-state index in [2.05, 4.69) is 54.6 Å². The molecule has 1 fully saturated rings. The summed E-state index contributed by atoms with van der Waals surface area (Å²) in [6.07, 6.45) is 1.58. The van der Waals surface area contributed by atoms with E-state index >= 15 is 0 Å². The van der Waals surface area contributed by atoms with Crippen molar-refractivity contribution in [2.45, 2.75) is 25.0 Å². The summed E-state index contributed by atoms with van der Waals surface area (Å²) >= 11 is 0. The van der Waals surface area contributed by atoms with Gasteiger partial charge in [0.15, 0.2) is 0 Å². The Bertz CT molecular complexity index is 463. The second-order valence-corrected chi connectivity index (χ2v) is 4.59. The third-order valence-electron chi connectivity index (χ3n) is 3.27. The molecule has 2 atom stereocenters. The van der Waals surface area contributed by atoms with Crippen LogP contribution < -0.4 is 0 Å². The first kappa shape index (κ1) is 10.5. The molecule has 2 aromatic carbocycles. The Labute approximate surface area is 102 Å². The summed E-state index contributed by atoms with van der Waals surface area (Å²) in [5, 5.41) is 0. The molecule has 0 N–H and O–H groups in total. The highest BCUT2D eigenvalue weighted by Crippen LogP contribution is 2.43. The van der Waals surface area contributed by atoms with Crippen LogP contribution in [0.2, 0.25) is 0 Å². The van der Waals surface area contributed by atoms with Crippen molar-refractivity contribution in [2.24, 2.45) is 0 Å². The van der Waals surface area contributed by atoms with Crippen molar-refractivity contribution in [3.8, 4) is 0 Å². The smallest absolute Gasteiger partial charge is 0.0720 e. The Hall–Kier alpha value is -1.60. The summed E-state index contributed by atoms with van der Waals surface area (Å²) in [4.78, 5) is 0. The third-order valence-corrected chi connectivity index (χ3v) is 3.27. The molecule has 3 rings (SSSR count). The molecular weight excluding hydrogens is 208 g/mol. The van der Waals surface area contributed by atoms with Crippen LogP contribution in [0.5, 0.6) is 0 Å². The van der Waals surface area contributed by atoms with Crippen LogP contribution in [0.15, 0.2) is 60.7 Å². The fourth-order valence-corrected chi connectivity index (χ4v) is 2.18. The van der Waals surface area contributed by atoms with Crippen molar-refractivity contribution in [3.63, 3.8) is 0 Å². The van der Waals surface area contributed by atoms with Gasteiger partial charge in [0.1, 0.15) is 0 Å². The molecule has 86 valence electrons. The zero-order valence-electron chi connectivity index (χ0n) is 9.75. The van der Waals surface area contributed by atoms with Crippen molar-refractivity contribution >= 4 is 0 Å². The largest absolute Gasteiger partial charge is 0.373 e. The van der Waals surface area contributed by atoms with Gasteiger partial charge in [0.2, 0.25) is 0 Å². The fraction of sp³-hybridized carbons (Fsp3) is 0.250. The van der Waals surface area contributed by atoms with Crippen molar-refractivity contribution in [1.29, 1.82) is 0 Å². The van der Waals surface area contributed by atoms with Gasteiger partial charge in [0.05, 0.1) is 12.7 Å². The standard InChI is InChI=1S/C16H16O/c1-3-7-13(8-4-1)12-17-16-11-15(16)14-9-5-2-6-10-14/h1-10,15-16H,11-12H2/t15-,16-/m1/s1. The van der Waals surface area contributed by atoms with Gasteiger partial charge in [-0.05, 0) is 17.5 Å². The molecule has 0 unspecified atom stereocenters. The molecule has 0 radical (unpaired) electrons. The summed E-state index contributed by atoms with van der Waals surface area (Å²) in [5.41, 5.74) is 2.66. The van der Waals surface area contributed by atoms with Crippen LogP contribution in [0, 0.1) is 0 Å². The summed E-state index contributed by atoms with van der Waals surface area (Å²) in [7, 11) is 0. The van der Waals surface area contributed by atoms with Gasteiger partial charge in [-0.2, -0.15) is 0 Å². The molecule has 0 aromatic heterocycles. The molecule has 1 heteroatoms. The number of hydrogen-bond acceptors (Lipinski definition) is 1. The lowest BCUT2D eigenvalue weighted by atomic mass is 10.1. The topological polar surface area (TPSA) is 9.23 Å². The van der Waals surface area contributed by atoms with Gasteiger partial charge in [-0.1, -0.05) is 60.7 Å². The molecular formula is C16H16O. The van der Waals surface area contributed by atoms with Gasteiger partial charge in [-0.25, -0.2) is 0 Å². The molecule has 1 aliphatic rings. The van der Waals surface area contributed by atoms with E-state index in [1.54, 1.807) is 0 Å². The van der Waals surface area contributed by atoms with Crippen LogP contribution in [0.3, 0.4) is 0 Å². The minimum Gasteiger partial charge on any atom is -0.373 e. The Morgan fingerprint density at radius 2 is 1.53 bits per heavy atom. The minimum absolute atomic E-state index is 0.414. The average Bonchev–Trinajstić information content (AvgIpc) is 3.18. The van der Waals surface area contributed by atoms with Gasteiger partial charge in [-0.3, -0.25) is 0 Å². The van der Waals surface area contributed by atoms with Crippen molar-refractivity contribution < 1.29 is 4.74 Å². The minimum atomic E-state index is 0.414. The first-order valence-corrected chi connectivity index (χ1v) is 6.14. The third kappa shape index (κ3) is 2.56. The molecule has 0 spiro atoms. The number of benzene rings is 2. The highest BCUT2D eigenvalue weighted by atomic mass is 16.5. The van der Waals surface area contributed by atoms with E-state index < -0.39 is 0 Å². The molecule has 0 bridgehead atoms. The Balaban J connectivity index is 1.53. The van der Waals surface area contributed by atoms with Crippen LogP contribution in [0.1, 0.15) is 23.5 Å². The predicted octanol–water partition coefficient (Wildman–Crippen LogP) is 3.76. The molecule has 1 nitrogen and oxygen atoms in total. The van der Waals surface area contributed by atoms with Crippen LogP contribution in [-0.4, -0.2) is 6.10 Å². The van der Waals surface area contributed by atoms with Crippen LogP contribution in [0.4, 0.5) is 0 Å². The maximum absolute atomic E-state index is 5.91. The molecule has 0 saturated heterocycles. The lowest BCUT2D eigenvalue weighted by Gasteiger charge is -2.04.